The number of hydrogen-bond acceptors (Lipinski definition) is 4. The molecule has 0 saturated carbocycles. The van der Waals surface area contributed by atoms with Crippen LogP contribution in [0.4, 0.5) is 0 Å². The molecule has 2 unspecified atom stereocenters. The van der Waals surface area contributed by atoms with Crippen LogP contribution in [0, 0.1) is 0 Å². The Morgan fingerprint density at radius 3 is 2.89 bits per heavy atom. The lowest BCUT2D eigenvalue weighted by atomic mass is 10.2. The van der Waals surface area contributed by atoms with Crippen LogP contribution in [0.3, 0.4) is 0 Å². The Balaban J connectivity index is 2.57. The smallest absolute Gasteiger partial charge is 0.236 e. The number of ether oxygens (including phenoxy) is 1. The standard InChI is InChI=1S/C13H21N3O2/c1-4-9(2)18-12-7-11(5-6-15-12)8-16-13(17)10(3)14/h5-7,9-10H,4,8,14H2,1-3H3,(H,16,17). The van der Waals surface area contributed by atoms with Crippen molar-refractivity contribution in [1.82, 2.24) is 10.3 Å². The molecule has 2 atom stereocenters. The molecule has 18 heavy (non-hydrogen) atoms. The lowest BCUT2D eigenvalue weighted by Gasteiger charge is -2.12. The lowest BCUT2D eigenvalue weighted by molar-refractivity contribution is -0.122. The number of nitrogens with two attached hydrogens (primary N) is 1. The molecule has 1 aromatic heterocycles. The fourth-order valence-electron chi connectivity index (χ4n) is 1.26. The van der Waals surface area contributed by atoms with Crippen LogP contribution in [0.25, 0.3) is 0 Å². The summed E-state index contributed by atoms with van der Waals surface area (Å²) in [5.41, 5.74) is 6.41. The third kappa shape index (κ3) is 4.71. The summed E-state index contributed by atoms with van der Waals surface area (Å²) >= 11 is 0. The van der Waals surface area contributed by atoms with Crippen molar-refractivity contribution in [2.45, 2.75) is 45.9 Å². The van der Waals surface area contributed by atoms with Crippen molar-refractivity contribution in [3.05, 3.63) is 23.9 Å². The van der Waals surface area contributed by atoms with Gasteiger partial charge in [0.2, 0.25) is 11.8 Å². The van der Waals surface area contributed by atoms with Crippen LogP contribution in [-0.4, -0.2) is 23.0 Å². The summed E-state index contributed by atoms with van der Waals surface area (Å²) in [7, 11) is 0. The molecule has 5 nitrogen and oxygen atoms in total. The van der Waals surface area contributed by atoms with E-state index in [-0.39, 0.29) is 12.0 Å². The van der Waals surface area contributed by atoms with E-state index in [0.717, 1.165) is 12.0 Å². The molecule has 0 saturated heterocycles. The van der Waals surface area contributed by atoms with E-state index in [1.54, 1.807) is 13.1 Å². The molecule has 0 radical (unpaired) electrons. The van der Waals surface area contributed by atoms with Crippen molar-refractivity contribution in [3.8, 4) is 5.88 Å². The first-order valence-corrected chi connectivity index (χ1v) is 6.17. The SMILES string of the molecule is CCC(C)Oc1cc(CNC(=O)C(C)N)ccn1. The van der Waals surface area contributed by atoms with E-state index in [0.29, 0.717) is 12.4 Å². The average molecular weight is 251 g/mol. The predicted octanol–water partition coefficient (Wildman–Crippen LogP) is 1.22. The van der Waals surface area contributed by atoms with Crippen molar-refractivity contribution in [1.29, 1.82) is 0 Å². The van der Waals surface area contributed by atoms with Crippen LogP contribution in [0.15, 0.2) is 18.3 Å². The summed E-state index contributed by atoms with van der Waals surface area (Å²) in [6.45, 7) is 6.13. The van der Waals surface area contributed by atoms with Gasteiger partial charge < -0.3 is 15.8 Å². The molecule has 1 amide bonds. The van der Waals surface area contributed by atoms with E-state index in [4.69, 9.17) is 10.5 Å². The minimum atomic E-state index is -0.498. The highest BCUT2D eigenvalue weighted by Gasteiger charge is 2.07. The van der Waals surface area contributed by atoms with Gasteiger partial charge in [0.05, 0.1) is 12.1 Å². The Kier molecular flexibility index (Phi) is 5.58. The van der Waals surface area contributed by atoms with Crippen LogP contribution >= 0.6 is 0 Å². The van der Waals surface area contributed by atoms with E-state index in [1.807, 2.05) is 19.1 Å². The molecule has 0 spiro atoms. The largest absolute Gasteiger partial charge is 0.475 e. The average Bonchev–Trinajstić information content (AvgIpc) is 2.36. The topological polar surface area (TPSA) is 77.2 Å². The molecular weight excluding hydrogens is 230 g/mol. The van der Waals surface area contributed by atoms with Crippen LogP contribution < -0.4 is 15.8 Å². The molecule has 0 fully saturated rings. The molecule has 0 aromatic carbocycles. The molecule has 3 N–H and O–H groups in total. The van der Waals surface area contributed by atoms with Crippen molar-refractivity contribution in [2.75, 3.05) is 0 Å². The Hall–Kier alpha value is -1.62. The second-order valence-electron chi connectivity index (χ2n) is 4.35. The summed E-state index contributed by atoms with van der Waals surface area (Å²) < 4.78 is 5.61. The van der Waals surface area contributed by atoms with Crippen molar-refractivity contribution in [3.63, 3.8) is 0 Å². The number of amides is 1. The molecule has 0 aliphatic rings. The molecule has 100 valence electrons. The molecule has 1 heterocycles. The van der Waals surface area contributed by atoms with E-state index in [9.17, 15) is 4.79 Å². The maximum absolute atomic E-state index is 11.3. The predicted molar refractivity (Wildman–Crippen MR) is 70.1 cm³/mol. The molecule has 0 aliphatic heterocycles. The quantitative estimate of drug-likeness (QED) is 0.797. The molecule has 1 rings (SSSR count). The van der Waals surface area contributed by atoms with E-state index in [2.05, 4.69) is 17.2 Å². The first-order chi connectivity index (χ1) is 8.52. The van der Waals surface area contributed by atoms with Gasteiger partial charge in [0.25, 0.3) is 0 Å². The Morgan fingerprint density at radius 1 is 1.56 bits per heavy atom. The highest BCUT2D eigenvalue weighted by atomic mass is 16.5. The summed E-state index contributed by atoms with van der Waals surface area (Å²) in [6.07, 6.45) is 2.73. The maximum atomic E-state index is 11.3. The summed E-state index contributed by atoms with van der Waals surface area (Å²) in [5, 5.41) is 2.75. The highest BCUT2D eigenvalue weighted by Crippen LogP contribution is 2.12. The minimum absolute atomic E-state index is 0.131. The molecule has 0 bridgehead atoms. The number of carbonyl (C=O) groups is 1. The van der Waals surface area contributed by atoms with Crippen LogP contribution in [0.2, 0.25) is 0 Å². The zero-order valence-electron chi connectivity index (χ0n) is 11.1. The van der Waals surface area contributed by atoms with E-state index < -0.39 is 6.04 Å². The first kappa shape index (κ1) is 14.4. The van der Waals surface area contributed by atoms with Crippen LogP contribution in [-0.2, 0) is 11.3 Å². The molecule has 0 aliphatic carbocycles. The number of carbonyl (C=O) groups excluding carboxylic acids is 1. The molecule has 5 heteroatoms. The van der Waals surface area contributed by atoms with Gasteiger partial charge in [-0.25, -0.2) is 4.98 Å². The number of aromatic nitrogens is 1. The maximum Gasteiger partial charge on any atom is 0.236 e. The van der Waals surface area contributed by atoms with Gasteiger partial charge in [0, 0.05) is 18.8 Å². The lowest BCUT2D eigenvalue weighted by Crippen LogP contribution is -2.37. The molecular formula is C13H21N3O2. The molecule has 1 aromatic rings. The first-order valence-electron chi connectivity index (χ1n) is 6.17. The second kappa shape index (κ2) is 6.96. The monoisotopic (exact) mass is 251 g/mol. The Labute approximate surface area is 108 Å². The van der Waals surface area contributed by atoms with Gasteiger partial charge in [-0.1, -0.05) is 6.92 Å². The van der Waals surface area contributed by atoms with Crippen molar-refractivity contribution in [2.24, 2.45) is 5.73 Å². The van der Waals surface area contributed by atoms with Gasteiger partial charge in [-0.15, -0.1) is 0 Å². The number of rotatable bonds is 6. The number of nitrogens with zero attached hydrogens (tertiary/aromatic N) is 1. The Bertz CT molecular complexity index is 394. The second-order valence-corrected chi connectivity index (χ2v) is 4.35. The van der Waals surface area contributed by atoms with Crippen molar-refractivity contribution < 1.29 is 9.53 Å². The third-order valence-corrected chi connectivity index (χ3v) is 2.58. The summed E-state index contributed by atoms with van der Waals surface area (Å²) in [4.78, 5) is 15.5. The number of nitrogens with one attached hydrogen (secondary N) is 1. The van der Waals surface area contributed by atoms with Gasteiger partial charge in [-0.2, -0.15) is 0 Å². The Morgan fingerprint density at radius 2 is 2.28 bits per heavy atom. The third-order valence-electron chi connectivity index (χ3n) is 2.58. The van der Waals surface area contributed by atoms with Crippen LogP contribution in [0.1, 0.15) is 32.8 Å². The fourth-order valence-corrected chi connectivity index (χ4v) is 1.26. The summed E-state index contributed by atoms with van der Waals surface area (Å²) in [6, 6.07) is 3.17. The summed E-state index contributed by atoms with van der Waals surface area (Å²) in [5.74, 6) is 0.410. The normalized spacial score (nSPS) is 13.8. The number of pyridine rings is 1. The van der Waals surface area contributed by atoms with Crippen molar-refractivity contribution >= 4 is 5.91 Å². The van der Waals surface area contributed by atoms with Gasteiger partial charge in [0.1, 0.15) is 0 Å². The number of hydrogen-bond donors (Lipinski definition) is 2. The zero-order chi connectivity index (χ0) is 13.5. The van der Waals surface area contributed by atoms with Crippen LogP contribution in [0.5, 0.6) is 5.88 Å². The fraction of sp³-hybridized carbons (Fsp3) is 0.538. The zero-order valence-corrected chi connectivity index (χ0v) is 11.1. The van der Waals surface area contributed by atoms with E-state index >= 15 is 0 Å². The van der Waals surface area contributed by atoms with Gasteiger partial charge in [-0.3, -0.25) is 4.79 Å². The van der Waals surface area contributed by atoms with Gasteiger partial charge in [-0.05, 0) is 31.9 Å². The van der Waals surface area contributed by atoms with Gasteiger partial charge in [0.15, 0.2) is 0 Å². The minimum Gasteiger partial charge on any atom is -0.475 e. The van der Waals surface area contributed by atoms with E-state index in [1.165, 1.54) is 0 Å². The van der Waals surface area contributed by atoms with Gasteiger partial charge >= 0.3 is 0 Å². The highest BCUT2D eigenvalue weighted by molar-refractivity contribution is 5.80.